The van der Waals surface area contributed by atoms with Gasteiger partial charge in [-0.3, -0.25) is 9.79 Å². The summed E-state index contributed by atoms with van der Waals surface area (Å²) in [5.41, 5.74) is 1.62. The van der Waals surface area contributed by atoms with Gasteiger partial charge in [0, 0.05) is 37.5 Å². The quantitative estimate of drug-likeness (QED) is 0.616. The lowest BCUT2D eigenvalue weighted by Crippen LogP contribution is -2.45. The third-order valence-corrected chi connectivity index (χ3v) is 5.31. The third-order valence-electron chi connectivity index (χ3n) is 5.31. The van der Waals surface area contributed by atoms with Crippen LogP contribution in [0, 0.1) is 0 Å². The molecule has 0 bridgehead atoms. The summed E-state index contributed by atoms with van der Waals surface area (Å²) >= 11 is 0. The molecule has 1 atom stereocenters. The van der Waals surface area contributed by atoms with Gasteiger partial charge < -0.3 is 15.5 Å². The van der Waals surface area contributed by atoms with Gasteiger partial charge in [0.05, 0.1) is 6.54 Å². The molecule has 2 aliphatic rings. The van der Waals surface area contributed by atoms with Gasteiger partial charge in [0.1, 0.15) is 0 Å². The highest BCUT2D eigenvalue weighted by Crippen LogP contribution is 2.48. The van der Waals surface area contributed by atoms with E-state index in [9.17, 15) is 4.79 Å². The van der Waals surface area contributed by atoms with E-state index in [1.165, 1.54) is 18.4 Å². The fourth-order valence-corrected chi connectivity index (χ4v) is 3.55. The molecule has 1 unspecified atom stereocenters. The van der Waals surface area contributed by atoms with E-state index in [1.54, 1.807) is 0 Å². The number of hydrogen-bond donors (Lipinski definition) is 2. The summed E-state index contributed by atoms with van der Waals surface area (Å²) in [5.74, 6) is 1.12. The third kappa shape index (κ3) is 4.33. The minimum absolute atomic E-state index is 0.226. The van der Waals surface area contributed by atoms with Crippen LogP contribution in [0.1, 0.15) is 45.1 Å². The molecule has 1 aliphatic carbocycles. The molecule has 1 saturated heterocycles. The van der Waals surface area contributed by atoms with Crippen molar-refractivity contribution in [1.82, 2.24) is 15.5 Å². The Morgan fingerprint density at radius 2 is 2.04 bits per heavy atom. The predicted octanol–water partition coefficient (Wildman–Crippen LogP) is 2.28. The molecule has 0 aromatic heterocycles. The average Bonchev–Trinajstić information content (AvgIpc) is 3.31. The normalized spacial score (nSPS) is 21.9. The molecule has 1 aromatic rings. The van der Waals surface area contributed by atoms with Gasteiger partial charge in [-0.2, -0.15) is 0 Å². The number of hydrogen-bond acceptors (Lipinski definition) is 2. The molecule has 1 amide bonds. The molecular weight excluding hydrogens is 312 g/mol. The minimum Gasteiger partial charge on any atom is -0.357 e. The van der Waals surface area contributed by atoms with Gasteiger partial charge in [0.25, 0.3) is 0 Å². The zero-order valence-electron chi connectivity index (χ0n) is 15.4. The minimum atomic E-state index is 0.226. The first-order chi connectivity index (χ1) is 12.2. The summed E-state index contributed by atoms with van der Waals surface area (Å²) in [6, 6.07) is 11.0. The summed E-state index contributed by atoms with van der Waals surface area (Å²) in [4.78, 5) is 18.7. The van der Waals surface area contributed by atoms with E-state index >= 15 is 0 Å². The number of benzene rings is 1. The molecular formula is C20H30N4O. The highest BCUT2D eigenvalue weighted by atomic mass is 16.2. The molecule has 2 fully saturated rings. The Labute approximate surface area is 150 Å². The Bertz CT molecular complexity index is 609. The van der Waals surface area contributed by atoms with E-state index in [0.29, 0.717) is 12.5 Å². The second kappa shape index (κ2) is 7.89. The molecule has 0 radical (unpaired) electrons. The van der Waals surface area contributed by atoms with Gasteiger partial charge in [-0.25, -0.2) is 0 Å². The van der Waals surface area contributed by atoms with Crippen molar-refractivity contribution in [3.8, 4) is 0 Å². The van der Waals surface area contributed by atoms with Crippen LogP contribution < -0.4 is 10.6 Å². The SMILES string of the molecule is CCNC(=NCC1(c2ccccc2)CC1)NC1CCN(C(=O)CC)C1. The van der Waals surface area contributed by atoms with Crippen molar-refractivity contribution >= 4 is 11.9 Å². The van der Waals surface area contributed by atoms with E-state index in [4.69, 9.17) is 4.99 Å². The standard InChI is InChI=1S/C20H30N4O/c1-3-18(25)24-13-10-17(14-24)23-19(21-4-2)22-15-20(11-12-20)16-8-6-5-7-9-16/h5-9,17H,3-4,10-15H2,1-2H3,(H2,21,22,23). The smallest absolute Gasteiger partial charge is 0.222 e. The van der Waals surface area contributed by atoms with Crippen LogP contribution in [0.4, 0.5) is 0 Å². The van der Waals surface area contributed by atoms with Gasteiger partial charge in [-0.1, -0.05) is 37.3 Å². The maximum atomic E-state index is 11.8. The Balaban J connectivity index is 1.60. The summed E-state index contributed by atoms with van der Waals surface area (Å²) in [5, 5.41) is 6.88. The molecule has 5 heteroatoms. The van der Waals surface area contributed by atoms with Gasteiger partial charge in [0.2, 0.25) is 5.91 Å². The predicted molar refractivity (Wildman–Crippen MR) is 102 cm³/mol. The first-order valence-corrected chi connectivity index (χ1v) is 9.55. The van der Waals surface area contributed by atoms with Crippen LogP contribution >= 0.6 is 0 Å². The fourth-order valence-electron chi connectivity index (χ4n) is 3.55. The van der Waals surface area contributed by atoms with Crippen molar-refractivity contribution in [2.24, 2.45) is 4.99 Å². The Morgan fingerprint density at radius 3 is 2.68 bits per heavy atom. The molecule has 1 aromatic carbocycles. The van der Waals surface area contributed by atoms with Crippen molar-refractivity contribution in [1.29, 1.82) is 0 Å². The number of carbonyl (C=O) groups is 1. The summed E-state index contributed by atoms with van der Waals surface area (Å²) in [6.45, 7) is 7.29. The Morgan fingerprint density at radius 1 is 1.28 bits per heavy atom. The van der Waals surface area contributed by atoms with Crippen molar-refractivity contribution in [3.05, 3.63) is 35.9 Å². The van der Waals surface area contributed by atoms with Crippen LogP contribution in [-0.4, -0.2) is 49.0 Å². The largest absolute Gasteiger partial charge is 0.357 e. The zero-order chi connectivity index (χ0) is 17.7. The van der Waals surface area contributed by atoms with E-state index in [1.807, 2.05) is 11.8 Å². The monoisotopic (exact) mass is 342 g/mol. The highest BCUT2D eigenvalue weighted by Gasteiger charge is 2.44. The maximum absolute atomic E-state index is 11.8. The van der Waals surface area contributed by atoms with Crippen molar-refractivity contribution in [2.75, 3.05) is 26.2 Å². The average molecular weight is 342 g/mol. The molecule has 5 nitrogen and oxygen atoms in total. The lowest BCUT2D eigenvalue weighted by Gasteiger charge is -2.20. The Hall–Kier alpha value is -2.04. The van der Waals surface area contributed by atoms with Crippen LogP contribution in [0.15, 0.2) is 35.3 Å². The van der Waals surface area contributed by atoms with Crippen LogP contribution in [0.3, 0.4) is 0 Å². The van der Waals surface area contributed by atoms with Gasteiger partial charge in [-0.05, 0) is 31.7 Å². The summed E-state index contributed by atoms with van der Waals surface area (Å²) in [7, 11) is 0. The topological polar surface area (TPSA) is 56.7 Å². The van der Waals surface area contributed by atoms with Gasteiger partial charge in [-0.15, -0.1) is 0 Å². The zero-order valence-corrected chi connectivity index (χ0v) is 15.4. The molecule has 1 heterocycles. The second-order valence-corrected chi connectivity index (χ2v) is 7.16. The van der Waals surface area contributed by atoms with E-state index in [0.717, 1.165) is 38.6 Å². The van der Waals surface area contributed by atoms with E-state index < -0.39 is 0 Å². The van der Waals surface area contributed by atoms with Crippen molar-refractivity contribution in [2.45, 2.75) is 51.0 Å². The number of rotatable bonds is 6. The molecule has 136 valence electrons. The van der Waals surface area contributed by atoms with Crippen LogP contribution in [0.5, 0.6) is 0 Å². The lowest BCUT2D eigenvalue weighted by molar-refractivity contribution is -0.129. The number of nitrogens with one attached hydrogen (secondary N) is 2. The van der Waals surface area contributed by atoms with Crippen molar-refractivity contribution in [3.63, 3.8) is 0 Å². The number of carbonyl (C=O) groups excluding carboxylic acids is 1. The van der Waals surface area contributed by atoms with E-state index in [-0.39, 0.29) is 11.3 Å². The molecule has 25 heavy (non-hydrogen) atoms. The van der Waals surface area contributed by atoms with Gasteiger partial charge in [0.15, 0.2) is 5.96 Å². The molecule has 3 rings (SSSR count). The van der Waals surface area contributed by atoms with Gasteiger partial charge >= 0.3 is 0 Å². The first-order valence-electron chi connectivity index (χ1n) is 9.55. The summed E-state index contributed by atoms with van der Waals surface area (Å²) < 4.78 is 0. The number of aliphatic imine (C=N–C) groups is 1. The lowest BCUT2D eigenvalue weighted by atomic mass is 9.96. The molecule has 2 N–H and O–H groups in total. The number of amides is 1. The second-order valence-electron chi connectivity index (χ2n) is 7.16. The molecule has 1 saturated carbocycles. The molecule has 0 spiro atoms. The fraction of sp³-hybridized carbons (Fsp3) is 0.600. The first kappa shape index (κ1) is 17.8. The molecule has 1 aliphatic heterocycles. The van der Waals surface area contributed by atoms with E-state index in [2.05, 4.69) is 47.9 Å². The number of nitrogens with zero attached hydrogens (tertiary/aromatic N) is 2. The number of likely N-dealkylation sites (tertiary alicyclic amines) is 1. The number of guanidine groups is 1. The summed E-state index contributed by atoms with van der Waals surface area (Å²) in [6.07, 6.45) is 3.99. The maximum Gasteiger partial charge on any atom is 0.222 e. The van der Waals surface area contributed by atoms with Crippen LogP contribution in [-0.2, 0) is 10.2 Å². The Kier molecular flexibility index (Phi) is 5.61. The van der Waals surface area contributed by atoms with Crippen LogP contribution in [0.2, 0.25) is 0 Å². The van der Waals surface area contributed by atoms with Crippen molar-refractivity contribution < 1.29 is 4.79 Å². The van der Waals surface area contributed by atoms with Crippen LogP contribution in [0.25, 0.3) is 0 Å². The highest BCUT2D eigenvalue weighted by molar-refractivity contribution is 5.81.